The molecule has 3 amide bonds. The van der Waals surface area contributed by atoms with Crippen molar-refractivity contribution < 1.29 is 37.7 Å². The molecule has 0 aliphatic carbocycles. The summed E-state index contributed by atoms with van der Waals surface area (Å²) in [5, 5.41) is 14.7. The number of hydrogen-bond acceptors (Lipinski definition) is 5. The molecule has 1 heterocycles. The van der Waals surface area contributed by atoms with Gasteiger partial charge in [-0.25, -0.2) is 18.4 Å². The summed E-state index contributed by atoms with van der Waals surface area (Å²) in [6.45, 7) is -0.919. The van der Waals surface area contributed by atoms with Gasteiger partial charge in [0.15, 0.2) is 0 Å². The normalized spacial score (nSPS) is 15.8. The first-order valence-corrected chi connectivity index (χ1v) is 12.6. The number of benzene rings is 3. The number of likely N-dealkylation sites (tertiary alicyclic amines) is 1. The predicted octanol–water partition coefficient (Wildman–Crippen LogP) is 5.55. The molecule has 9 nitrogen and oxygen atoms in total. The second-order valence-corrected chi connectivity index (χ2v) is 9.55. The summed E-state index contributed by atoms with van der Waals surface area (Å²) in [7, 11) is 1.40. The zero-order chi connectivity index (χ0) is 28.9. The number of nitrogens with zero attached hydrogens (tertiary/aromatic N) is 1. The second kappa shape index (κ2) is 12.2. The van der Waals surface area contributed by atoms with Gasteiger partial charge in [0.1, 0.15) is 18.1 Å². The number of rotatable bonds is 9. The first-order valence-electron chi connectivity index (χ1n) is 12.2. The minimum atomic E-state index is -3.07. The Morgan fingerprint density at radius 3 is 2.42 bits per heavy atom. The highest BCUT2D eigenvalue weighted by Crippen LogP contribution is 2.34. The highest BCUT2D eigenvalue weighted by molar-refractivity contribution is 6.33. The third kappa shape index (κ3) is 7.17. The Morgan fingerprint density at radius 1 is 1.05 bits per heavy atom. The summed E-state index contributed by atoms with van der Waals surface area (Å²) in [6, 6.07) is 15.5. The van der Waals surface area contributed by atoms with E-state index in [1.165, 1.54) is 31.4 Å². The summed E-state index contributed by atoms with van der Waals surface area (Å²) in [6.07, 6.45) is -0.735. The zero-order valence-corrected chi connectivity index (χ0v) is 22.1. The molecule has 0 bridgehead atoms. The minimum absolute atomic E-state index is 0.0643. The van der Waals surface area contributed by atoms with Crippen LogP contribution in [0.25, 0.3) is 0 Å². The van der Waals surface area contributed by atoms with E-state index in [2.05, 4.69) is 10.6 Å². The number of aromatic carboxylic acids is 1. The maximum Gasteiger partial charge on any atom is 0.335 e. The van der Waals surface area contributed by atoms with Gasteiger partial charge in [0, 0.05) is 6.42 Å². The van der Waals surface area contributed by atoms with Crippen LogP contribution in [0.4, 0.5) is 25.0 Å². The van der Waals surface area contributed by atoms with Gasteiger partial charge in [-0.2, -0.15) is 0 Å². The number of carbonyl (C=O) groups is 3. The van der Waals surface area contributed by atoms with Crippen LogP contribution in [0.2, 0.25) is 5.02 Å². The number of ether oxygens (including phenoxy) is 2. The maximum absolute atomic E-state index is 14.3. The fourth-order valence-corrected chi connectivity index (χ4v) is 4.47. The topological polar surface area (TPSA) is 117 Å². The van der Waals surface area contributed by atoms with Gasteiger partial charge in [-0.05, 0) is 54.1 Å². The Kier molecular flexibility index (Phi) is 8.73. The van der Waals surface area contributed by atoms with Crippen molar-refractivity contribution in [3.05, 3.63) is 82.9 Å². The molecule has 0 saturated carbocycles. The highest BCUT2D eigenvalue weighted by Gasteiger charge is 2.47. The average Bonchev–Trinajstić information content (AvgIpc) is 3.24. The fourth-order valence-electron chi connectivity index (χ4n) is 4.29. The molecule has 1 atom stereocenters. The van der Waals surface area contributed by atoms with Crippen LogP contribution >= 0.6 is 11.6 Å². The van der Waals surface area contributed by atoms with Gasteiger partial charge in [-0.1, -0.05) is 29.8 Å². The summed E-state index contributed by atoms with van der Waals surface area (Å²) in [4.78, 5) is 37.6. The second-order valence-electron chi connectivity index (χ2n) is 9.15. The van der Waals surface area contributed by atoms with Crippen LogP contribution in [0.15, 0.2) is 66.7 Å². The number of urea groups is 1. The number of hydrogen-bond donors (Lipinski definition) is 3. The van der Waals surface area contributed by atoms with Gasteiger partial charge < -0.3 is 30.1 Å². The third-order valence-corrected chi connectivity index (χ3v) is 6.56. The molecule has 1 saturated heterocycles. The number of halogens is 3. The molecule has 3 N–H and O–H groups in total. The molecular weight excluding hydrogens is 548 g/mol. The molecule has 1 aliphatic heterocycles. The van der Waals surface area contributed by atoms with Crippen molar-refractivity contribution in [3.8, 4) is 11.5 Å². The van der Waals surface area contributed by atoms with Crippen molar-refractivity contribution in [3.63, 3.8) is 0 Å². The molecular formula is C28H26ClF2N3O6. The Morgan fingerprint density at radius 2 is 1.75 bits per heavy atom. The van der Waals surface area contributed by atoms with Crippen molar-refractivity contribution in [2.24, 2.45) is 0 Å². The number of methoxy groups -OCH3 is 1. The molecule has 1 fully saturated rings. The molecule has 40 heavy (non-hydrogen) atoms. The van der Waals surface area contributed by atoms with Crippen molar-refractivity contribution >= 4 is 40.9 Å². The van der Waals surface area contributed by atoms with E-state index >= 15 is 0 Å². The van der Waals surface area contributed by atoms with E-state index < -0.39 is 42.8 Å². The standard InChI is InChI=1S/C28H26ClF2N3O6/c1-39-24-12-17(6-11-23(24)33-27(38)32-22-5-3-2-4-21(22)29)13-25(35)34-16-28(30,31)14-19(34)15-40-20-9-7-18(8-10-20)26(36)37/h2-12,19H,13-16H2,1H3,(H,36,37)(H2,32,33,38). The molecule has 210 valence electrons. The van der Waals surface area contributed by atoms with E-state index in [4.69, 9.17) is 26.2 Å². The first-order chi connectivity index (χ1) is 19.0. The van der Waals surface area contributed by atoms with Crippen molar-refractivity contribution in [2.75, 3.05) is 30.9 Å². The van der Waals surface area contributed by atoms with Crippen LogP contribution in [-0.2, 0) is 11.2 Å². The largest absolute Gasteiger partial charge is 0.495 e. The maximum atomic E-state index is 14.3. The van der Waals surface area contributed by atoms with Gasteiger partial charge in [0.2, 0.25) is 5.91 Å². The van der Waals surface area contributed by atoms with Gasteiger partial charge in [-0.3, -0.25) is 4.79 Å². The van der Waals surface area contributed by atoms with Gasteiger partial charge in [-0.15, -0.1) is 0 Å². The average molecular weight is 574 g/mol. The van der Waals surface area contributed by atoms with Gasteiger partial charge in [0.25, 0.3) is 5.92 Å². The van der Waals surface area contributed by atoms with Gasteiger partial charge >= 0.3 is 12.0 Å². The molecule has 0 aromatic heterocycles. The monoisotopic (exact) mass is 573 g/mol. The third-order valence-electron chi connectivity index (χ3n) is 6.23. The number of amides is 3. The molecule has 4 rings (SSSR count). The predicted molar refractivity (Wildman–Crippen MR) is 145 cm³/mol. The molecule has 0 spiro atoms. The Balaban J connectivity index is 1.40. The molecule has 3 aromatic rings. The quantitative estimate of drug-likeness (QED) is 0.309. The number of nitrogens with one attached hydrogen (secondary N) is 2. The molecule has 1 aliphatic rings. The van der Waals surface area contributed by atoms with Crippen molar-refractivity contribution in [1.82, 2.24) is 4.90 Å². The SMILES string of the molecule is COc1cc(CC(=O)N2CC(F)(F)CC2COc2ccc(C(=O)O)cc2)ccc1NC(=O)Nc1ccccc1Cl. The van der Waals surface area contributed by atoms with E-state index in [9.17, 15) is 23.2 Å². The molecule has 12 heteroatoms. The molecule has 1 unspecified atom stereocenters. The lowest BCUT2D eigenvalue weighted by molar-refractivity contribution is -0.133. The lowest BCUT2D eigenvalue weighted by Crippen LogP contribution is -2.40. The van der Waals surface area contributed by atoms with Crippen LogP contribution < -0.4 is 20.1 Å². The highest BCUT2D eigenvalue weighted by atomic mass is 35.5. The molecule has 3 aromatic carbocycles. The van der Waals surface area contributed by atoms with Crippen LogP contribution in [-0.4, -0.2) is 60.1 Å². The summed E-state index contributed by atoms with van der Waals surface area (Å²) in [5.74, 6) is -4.11. The van der Waals surface area contributed by atoms with E-state index in [-0.39, 0.29) is 24.3 Å². The molecule has 0 radical (unpaired) electrons. The summed E-state index contributed by atoms with van der Waals surface area (Å²) < 4.78 is 39.5. The lowest BCUT2D eigenvalue weighted by Gasteiger charge is -2.24. The summed E-state index contributed by atoms with van der Waals surface area (Å²) >= 11 is 6.07. The van der Waals surface area contributed by atoms with Crippen LogP contribution in [0.5, 0.6) is 11.5 Å². The van der Waals surface area contributed by atoms with Crippen LogP contribution in [0, 0.1) is 0 Å². The Labute approximate surface area is 233 Å². The van der Waals surface area contributed by atoms with Gasteiger partial charge in [0.05, 0.1) is 48.1 Å². The summed E-state index contributed by atoms with van der Waals surface area (Å²) in [5.41, 5.74) is 1.31. The smallest absolute Gasteiger partial charge is 0.335 e. The van der Waals surface area contributed by atoms with Crippen LogP contribution in [0.1, 0.15) is 22.3 Å². The van der Waals surface area contributed by atoms with Crippen LogP contribution in [0.3, 0.4) is 0 Å². The number of anilines is 2. The zero-order valence-electron chi connectivity index (χ0n) is 21.3. The Hall–Kier alpha value is -4.38. The van der Waals surface area contributed by atoms with E-state index in [0.29, 0.717) is 27.7 Å². The minimum Gasteiger partial charge on any atom is -0.495 e. The first kappa shape index (κ1) is 28.6. The van der Waals surface area contributed by atoms with E-state index in [1.54, 1.807) is 42.5 Å². The number of para-hydroxylation sites is 1. The Bertz CT molecular complexity index is 1400. The van der Waals surface area contributed by atoms with Crippen molar-refractivity contribution in [1.29, 1.82) is 0 Å². The lowest BCUT2D eigenvalue weighted by atomic mass is 10.1. The number of carboxylic acids is 1. The van der Waals surface area contributed by atoms with Crippen molar-refractivity contribution in [2.45, 2.75) is 24.8 Å². The van der Waals surface area contributed by atoms with E-state index in [1.807, 2.05) is 0 Å². The fraction of sp³-hybridized carbons (Fsp3) is 0.250. The number of carboxylic acid groups (broad SMARTS) is 1. The van der Waals surface area contributed by atoms with E-state index in [0.717, 1.165) is 4.90 Å². The number of alkyl halides is 2. The number of carbonyl (C=O) groups excluding carboxylic acids is 2.